The van der Waals surface area contributed by atoms with Gasteiger partial charge in [0.25, 0.3) is 0 Å². The van der Waals surface area contributed by atoms with Crippen molar-refractivity contribution >= 4 is 0 Å². The number of nitrogens with one attached hydrogen (secondary N) is 1. The molecule has 4 heteroatoms. The smallest absolute Gasteiger partial charge is 0.0610 e. The molecule has 110 valence electrons. The third-order valence-corrected chi connectivity index (χ3v) is 3.92. The first-order valence-electron chi connectivity index (χ1n) is 7.05. The van der Waals surface area contributed by atoms with E-state index < -0.39 is 0 Å². The Morgan fingerprint density at radius 1 is 1.39 bits per heavy atom. The summed E-state index contributed by atoms with van der Waals surface area (Å²) in [6, 6.07) is 0.593. The molecule has 0 aromatic heterocycles. The van der Waals surface area contributed by atoms with Crippen molar-refractivity contribution in [2.45, 2.75) is 51.6 Å². The summed E-state index contributed by atoms with van der Waals surface area (Å²) >= 11 is 0. The van der Waals surface area contributed by atoms with Gasteiger partial charge in [0.2, 0.25) is 0 Å². The highest BCUT2D eigenvalue weighted by Crippen LogP contribution is 2.13. The van der Waals surface area contributed by atoms with Crippen LogP contribution >= 0.6 is 0 Å². The average molecular weight is 260 g/mol. The summed E-state index contributed by atoms with van der Waals surface area (Å²) in [5.74, 6) is 0. The van der Waals surface area contributed by atoms with Crippen LogP contribution in [0.5, 0.6) is 0 Å². The largest absolute Gasteiger partial charge is 0.394 e. The Bertz CT molecular complexity index is 196. The molecule has 0 aliphatic carbocycles. The normalized spacial score (nSPS) is 16.8. The lowest BCUT2D eigenvalue weighted by Gasteiger charge is -2.31. The molecule has 2 unspecified atom stereocenters. The highest BCUT2D eigenvalue weighted by molar-refractivity contribution is 4.81. The highest BCUT2D eigenvalue weighted by atomic mass is 16.5. The molecular weight excluding hydrogens is 228 g/mol. The first-order valence-corrected chi connectivity index (χ1v) is 7.05. The van der Waals surface area contributed by atoms with Crippen LogP contribution < -0.4 is 5.32 Å². The molecule has 0 aliphatic heterocycles. The van der Waals surface area contributed by atoms with Gasteiger partial charge in [-0.15, -0.1) is 0 Å². The van der Waals surface area contributed by atoms with Gasteiger partial charge in [0.1, 0.15) is 0 Å². The zero-order valence-corrected chi connectivity index (χ0v) is 12.8. The Labute approximate surface area is 113 Å². The van der Waals surface area contributed by atoms with E-state index in [2.05, 4.69) is 31.0 Å². The summed E-state index contributed by atoms with van der Waals surface area (Å²) in [6.45, 7) is 9.57. The molecule has 0 spiro atoms. The zero-order valence-electron chi connectivity index (χ0n) is 12.8. The lowest BCUT2D eigenvalue weighted by molar-refractivity contribution is 0.114. The van der Waals surface area contributed by atoms with Crippen molar-refractivity contribution in [2.24, 2.45) is 0 Å². The fourth-order valence-electron chi connectivity index (χ4n) is 1.97. The van der Waals surface area contributed by atoms with Gasteiger partial charge in [0.15, 0.2) is 0 Å². The third kappa shape index (κ3) is 6.69. The number of aliphatic hydroxyl groups excluding tert-OH is 1. The summed E-state index contributed by atoms with van der Waals surface area (Å²) in [4.78, 5) is 2.47. The van der Waals surface area contributed by atoms with Crippen LogP contribution in [0.3, 0.4) is 0 Å². The summed E-state index contributed by atoms with van der Waals surface area (Å²) in [5.41, 5.74) is -0.150. The molecule has 18 heavy (non-hydrogen) atoms. The van der Waals surface area contributed by atoms with E-state index in [1.807, 2.05) is 7.05 Å². The lowest BCUT2D eigenvalue weighted by atomic mass is 9.97. The SMILES string of the molecule is CCC(C)N(CCCC(C)(CO)NC)CCOC. The van der Waals surface area contributed by atoms with Gasteiger partial charge in [-0.1, -0.05) is 6.92 Å². The molecule has 0 fully saturated rings. The van der Waals surface area contributed by atoms with Crippen molar-refractivity contribution in [2.75, 3.05) is 40.5 Å². The predicted octanol–water partition coefficient (Wildman–Crippen LogP) is 1.48. The van der Waals surface area contributed by atoms with Crippen LogP contribution in [0.2, 0.25) is 0 Å². The van der Waals surface area contributed by atoms with E-state index in [1.54, 1.807) is 7.11 Å². The van der Waals surface area contributed by atoms with E-state index in [0.717, 1.165) is 39.0 Å². The Kier molecular flexibility index (Phi) is 9.64. The van der Waals surface area contributed by atoms with Crippen molar-refractivity contribution in [1.82, 2.24) is 10.2 Å². The summed E-state index contributed by atoms with van der Waals surface area (Å²) in [6.07, 6.45) is 3.24. The monoisotopic (exact) mass is 260 g/mol. The maximum absolute atomic E-state index is 9.35. The minimum atomic E-state index is -0.150. The molecule has 4 nitrogen and oxygen atoms in total. The van der Waals surface area contributed by atoms with Gasteiger partial charge in [-0.25, -0.2) is 0 Å². The van der Waals surface area contributed by atoms with Crippen LogP contribution in [0.4, 0.5) is 0 Å². The van der Waals surface area contributed by atoms with Crippen molar-refractivity contribution < 1.29 is 9.84 Å². The summed E-state index contributed by atoms with van der Waals surface area (Å²) in [7, 11) is 3.66. The van der Waals surface area contributed by atoms with Crippen molar-refractivity contribution in [3.05, 3.63) is 0 Å². The second kappa shape index (κ2) is 9.73. The molecule has 2 atom stereocenters. The number of ether oxygens (including phenoxy) is 1. The van der Waals surface area contributed by atoms with Gasteiger partial charge in [-0.2, -0.15) is 0 Å². The number of nitrogens with zero attached hydrogens (tertiary/aromatic N) is 1. The first kappa shape index (κ1) is 17.8. The predicted molar refractivity (Wildman–Crippen MR) is 77.0 cm³/mol. The second-order valence-corrected chi connectivity index (χ2v) is 5.36. The standard InChI is InChI=1S/C14H32N2O2/c1-6-13(2)16(10-11-18-5)9-7-8-14(3,12-17)15-4/h13,15,17H,6-12H2,1-5H3. The van der Waals surface area contributed by atoms with Gasteiger partial charge in [-0.05, 0) is 46.7 Å². The Morgan fingerprint density at radius 2 is 2.06 bits per heavy atom. The quantitative estimate of drug-likeness (QED) is 0.591. The molecule has 0 bridgehead atoms. The Hall–Kier alpha value is -0.160. The third-order valence-electron chi connectivity index (χ3n) is 3.92. The van der Waals surface area contributed by atoms with E-state index in [0.29, 0.717) is 6.04 Å². The molecule has 0 saturated heterocycles. The zero-order chi connectivity index (χ0) is 14.0. The number of rotatable bonds is 11. The highest BCUT2D eigenvalue weighted by Gasteiger charge is 2.21. The van der Waals surface area contributed by atoms with Crippen LogP contribution in [-0.2, 0) is 4.74 Å². The number of methoxy groups -OCH3 is 1. The Balaban J connectivity index is 4.09. The minimum Gasteiger partial charge on any atom is -0.394 e. The van der Waals surface area contributed by atoms with E-state index in [4.69, 9.17) is 4.74 Å². The number of aliphatic hydroxyl groups is 1. The van der Waals surface area contributed by atoms with Crippen LogP contribution in [-0.4, -0.2) is 62.0 Å². The molecule has 2 N–H and O–H groups in total. The van der Waals surface area contributed by atoms with E-state index in [9.17, 15) is 5.11 Å². The molecule has 0 saturated carbocycles. The van der Waals surface area contributed by atoms with Crippen molar-refractivity contribution in [1.29, 1.82) is 0 Å². The van der Waals surface area contributed by atoms with E-state index in [1.165, 1.54) is 0 Å². The first-order chi connectivity index (χ1) is 8.52. The fraction of sp³-hybridized carbons (Fsp3) is 1.00. The number of likely N-dealkylation sites (N-methyl/N-ethyl adjacent to an activating group) is 1. The topological polar surface area (TPSA) is 44.7 Å². The average Bonchev–Trinajstić information content (AvgIpc) is 2.41. The summed E-state index contributed by atoms with van der Waals surface area (Å²) < 4.78 is 5.16. The van der Waals surface area contributed by atoms with Crippen molar-refractivity contribution in [3.63, 3.8) is 0 Å². The van der Waals surface area contributed by atoms with E-state index >= 15 is 0 Å². The molecule has 0 aliphatic rings. The van der Waals surface area contributed by atoms with Gasteiger partial charge in [-0.3, -0.25) is 4.90 Å². The number of hydrogen-bond donors (Lipinski definition) is 2. The fourth-order valence-corrected chi connectivity index (χ4v) is 1.97. The molecule has 0 aromatic rings. The van der Waals surface area contributed by atoms with Gasteiger partial charge in [0.05, 0.1) is 13.2 Å². The Morgan fingerprint density at radius 3 is 2.50 bits per heavy atom. The maximum Gasteiger partial charge on any atom is 0.0610 e. The molecule has 0 amide bonds. The van der Waals surface area contributed by atoms with Crippen LogP contribution in [0, 0.1) is 0 Å². The molecular formula is C14H32N2O2. The van der Waals surface area contributed by atoms with Crippen molar-refractivity contribution in [3.8, 4) is 0 Å². The maximum atomic E-state index is 9.35. The molecule has 0 radical (unpaired) electrons. The lowest BCUT2D eigenvalue weighted by Crippen LogP contribution is -2.44. The molecule has 0 aromatic carbocycles. The van der Waals surface area contributed by atoms with E-state index in [-0.39, 0.29) is 12.1 Å². The van der Waals surface area contributed by atoms with Crippen LogP contribution in [0.25, 0.3) is 0 Å². The van der Waals surface area contributed by atoms with Gasteiger partial charge >= 0.3 is 0 Å². The molecule has 0 rings (SSSR count). The van der Waals surface area contributed by atoms with Crippen LogP contribution in [0.1, 0.15) is 40.0 Å². The number of hydrogen-bond acceptors (Lipinski definition) is 4. The molecule has 0 heterocycles. The second-order valence-electron chi connectivity index (χ2n) is 5.36. The van der Waals surface area contributed by atoms with Gasteiger partial charge < -0.3 is 15.2 Å². The van der Waals surface area contributed by atoms with Gasteiger partial charge in [0, 0.05) is 25.2 Å². The summed E-state index contributed by atoms with van der Waals surface area (Å²) in [5, 5.41) is 12.5. The van der Waals surface area contributed by atoms with Crippen LogP contribution in [0.15, 0.2) is 0 Å². The minimum absolute atomic E-state index is 0.150.